The molecule has 3 N–H and O–H groups in total. The molecule has 0 aromatic carbocycles. The molecular formula is C15H16Cl2N5O6P. The summed E-state index contributed by atoms with van der Waals surface area (Å²) in [5, 5.41) is 23.7. The molecule has 14 heteroatoms. The number of anilines is 1. The van der Waals surface area contributed by atoms with E-state index in [0.717, 1.165) is 0 Å². The molecule has 0 unspecified atom stereocenters. The Kier molecular flexibility index (Phi) is 5.80. The second-order valence-electron chi connectivity index (χ2n) is 6.24. The predicted octanol–water partition coefficient (Wildman–Crippen LogP) is 2.25. The molecule has 11 nitrogen and oxygen atoms in total. The maximum atomic E-state index is 11.3. The number of rotatable bonds is 7. The van der Waals surface area contributed by atoms with E-state index in [4.69, 9.17) is 36.2 Å². The van der Waals surface area contributed by atoms with Crippen molar-refractivity contribution in [3.05, 3.63) is 36.8 Å². The van der Waals surface area contributed by atoms with E-state index in [1.54, 1.807) is 12.3 Å². The Hall–Kier alpha value is -1.72. The second-order valence-corrected chi connectivity index (χ2v) is 10.5. The fourth-order valence-corrected chi connectivity index (χ4v) is 3.67. The Bertz CT molecular complexity index is 1030. The molecule has 156 valence electrons. The van der Waals surface area contributed by atoms with E-state index in [0.29, 0.717) is 29.3 Å². The third-order valence-electron chi connectivity index (χ3n) is 4.37. The molecule has 4 atom stereocenters. The van der Waals surface area contributed by atoms with Crippen LogP contribution < -0.4 is 5.32 Å². The lowest BCUT2D eigenvalue weighted by molar-refractivity contribution is -0.0465. The van der Waals surface area contributed by atoms with Crippen molar-refractivity contribution in [2.75, 3.05) is 11.9 Å². The minimum Gasteiger partial charge on any atom is -0.467 e. The van der Waals surface area contributed by atoms with Crippen LogP contribution >= 0.6 is 28.6 Å². The van der Waals surface area contributed by atoms with E-state index < -0.39 is 30.6 Å². The van der Waals surface area contributed by atoms with Crippen molar-refractivity contribution >= 4 is 45.5 Å². The summed E-state index contributed by atoms with van der Waals surface area (Å²) in [5.41, 5.74) is 0.815. The number of hydrogen-bond acceptors (Lipinski definition) is 10. The summed E-state index contributed by atoms with van der Waals surface area (Å²) in [4.78, 5) is 12.7. The maximum Gasteiger partial charge on any atom is 0.380 e. The van der Waals surface area contributed by atoms with Crippen LogP contribution in [0.25, 0.3) is 11.2 Å². The molecule has 0 saturated carbocycles. The summed E-state index contributed by atoms with van der Waals surface area (Å²) >= 11 is 10.7. The first-order valence-corrected chi connectivity index (χ1v) is 11.9. The summed E-state index contributed by atoms with van der Waals surface area (Å²) in [6.07, 6.45) is -4.15. The van der Waals surface area contributed by atoms with Crippen molar-refractivity contribution in [1.29, 1.82) is 0 Å². The van der Waals surface area contributed by atoms with E-state index >= 15 is 0 Å². The van der Waals surface area contributed by atoms with Gasteiger partial charge in [0, 0.05) is 0 Å². The van der Waals surface area contributed by atoms with E-state index in [1.165, 1.54) is 17.2 Å². The molecule has 4 heterocycles. The van der Waals surface area contributed by atoms with E-state index in [2.05, 4.69) is 20.3 Å². The van der Waals surface area contributed by atoms with Gasteiger partial charge >= 0.3 is 6.07 Å². The van der Waals surface area contributed by atoms with Crippen molar-refractivity contribution in [2.45, 2.75) is 31.1 Å². The van der Waals surface area contributed by atoms with E-state index in [-0.39, 0.29) is 6.61 Å². The third kappa shape index (κ3) is 4.41. The molecular weight excluding hydrogens is 448 g/mol. The van der Waals surface area contributed by atoms with Gasteiger partial charge in [-0.25, -0.2) is 15.0 Å². The monoisotopic (exact) mass is 463 g/mol. The molecule has 3 aromatic heterocycles. The van der Waals surface area contributed by atoms with Gasteiger partial charge in [0.25, 0.3) is 0 Å². The number of aliphatic hydroxyl groups is 2. The van der Waals surface area contributed by atoms with Crippen LogP contribution in [0.2, 0.25) is 0 Å². The molecule has 4 rings (SSSR count). The zero-order valence-corrected chi connectivity index (χ0v) is 17.0. The summed E-state index contributed by atoms with van der Waals surface area (Å²) in [7, 11) is 0. The molecule has 0 radical (unpaired) electrons. The molecule has 29 heavy (non-hydrogen) atoms. The van der Waals surface area contributed by atoms with Crippen molar-refractivity contribution in [1.82, 2.24) is 19.5 Å². The number of nitrogens with zero attached hydrogens (tertiary/aromatic N) is 4. The van der Waals surface area contributed by atoms with Crippen LogP contribution in [0.5, 0.6) is 0 Å². The van der Waals surface area contributed by atoms with E-state index in [9.17, 15) is 14.8 Å². The molecule has 3 aromatic rings. The Morgan fingerprint density at radius 3 is 2.83 bits per heavy atom. The lowest BCUT2D eigenvalue weighted by Crippen LogP contribution is -2.33. The Balaban J connectivity index is 1.54. The Labute approximate surface area is 173 Å². The number of imidazole rings is 1. The SMILES string of the molecule is O=P(Cl)(Cl)OC[C@H]1O[C@@H](n2cnc3c(NCc4ccco4)ncnc32)[C@@H](O)[C@H]1O. The van der Waals surface area contributed by atoms with Crippen molar-refractivity contribution in [2.24, 2.45) is 0 Å². The lowest BCUT2D eigenvalue weighted by atomic mass is 10.1. The molecule has 0 amide bonds. The number of halogens is 2. The number of nitrogens with one attached hydrogen (secondary N) is 1. The van der Waals surface area contributed by atoms with Crippen molar-refractivity contribution in [3.63, 3.8) is 0 Å². The third-order valence-corrected chi connectivity index (χ3v) is 5.40. The van der Waals surface area contributed by atoms with Gasteiger partial charge in [0.15, 0.2) is 23.2 Å². The van der Waals surface area contributed by atoms with Crippen LogP contribution in [-0.4, -0.2) is 54.7 Å². The number of hydrogen-bond donors (Lipinski definition) is 3. The molecule has 1 fully saturated rings. The van der Waals surface area contributed by atoms with Crippen LogP contribution in [0.3, 0.4) is 0 Å². The molecule has 0 aliphatic carbocycles. The van der Waals surface area contributed by atoms with Crippen LogP contribution in [0.4, 0.5) is 5.82 Å². The average molecular weight is 464 g/mol. The van der Waals surface area contributed by atoms with E-state index in [1.807, 2.05) is 6.07 Å². The van der Waals surface area contributed by atoms with Gasteiger partial charge in [-0.3, -0.25) is 9.13 Å². The minimum atomic E-state index is -3.80. The predicted molar refractivity (Wildman–Crippen MR) is 103 cm³/mol. The number of ether oxygens (including phenoxy) is 1. The largest absolute Gasteiger partial charge is 0.467 e. The van der Waals surface area contributed by atoms with Gasteiger partial charge in [0.2, 0.25) is 0 Å². The fourth-order valence-electron chi connectivity index (χ4n) is 3.01. The average Bonchev–Trinajstić information content (AvgIpc) is 3.39. The topological polar surface area (TPSA) is 145 Å². The number of aromatic nitrogens is 4. The minimum absolute atomic E-state index is 0.365. The van der Waals surface area contributed by atoms with Gasteiger partial charge < -0.3 is 29.2 Å². The van der Waals surface area contributed by atoms with Crippen LogP contribution in [0, 0.1) is 0 Å². The maximum absolute atomic E-state index is 11.3. The normalized spacial score (nSPS) is 25.0. The Morgan fingerprint density at radius 1 is 1.28 bits per heavy atom. The first-order valence-electron chi connectivity index (χ1n) is 8.43. The van der Waals surface area contributed by atoms with Gasteiger partial charge in [0.05, 0.1) is 25.7 Å². The quantitative estimate of drug-likeness (QED) is 0.445. The summed E-state index contributed by atoms with van der Waals surface area (Å²) in [5.74, 6) is 1.18. The second kappa shape index (κ2) is 8.19. The highest BCUT2D eigenvalue weighted by molar-refractivity contribution is 8.05. The highest BCUT2D eigenvalue weighted by atomic mass is 35.9. The molecule has 1 saturated heterocycles. The summed E-state index contributed by atoms with van der Waals surface area (Å²) in [6.45, 7) is 0.0279. The van der Waals surface area contributed by atoms with Crippen molar-refractivity contribution in [3.8, 4) is 0 Å². The summed E-state index contributed by atoms with van der Waals surface area (Å²) < 4.78 is 28.5. The first kappa shape index (κ1) is 20.5. The number of fused-ring (bicyclic) bond motifs is 1. The van der Waals surface area contributed by atoms with Gasteiger partial charge in [-0.2, -0.15) is 0 Å². The summed E-state index contributed by atoms with van der Waals surface area (Å²) in [6, 6.07) is 3.59. The smallest absolute Gasteiger partial charge is 0.380 e. The highest BCUT2D eigenvalue weighted by Gasteiger charge is 2.45. The number of furan rings is 1. The molecule has 1 aliphatic heterocycles. The zero-order chi connectivity index (χ0) is 20.6. The fraction of sp³-hybridized carbons (Fsp3) is 0.400. The van der Waals surface area contributed by atoms with Gasteiger partial charge in [-0.15, -0.1) is 0 Å². The van der Waals surface area contributed by atoms with Crippen LogP contribution in [0.15, 0.2) is 35.5 Å². The standard InChI is InChI=1S/C15H16Cl2N5O6P/c16-29(17,25)27-5-9-11(23)12(24)15(28-9)22-7-21-10-13(19-6-20-14(10)22)18-4-8-2-1-3-26-8/h1-3,6-7,9,11-12,15,23-24H,4-5H2,(H,18,19,20)/t9-,11+,12+,15-/m1/s1. The highest BCUT2D eigenvalue weighted by Crippen LogP contribution is 2.57. The van der Waals surface area contributed by atoms with Crippen molar-refractivity contribution < 1.29 is 28.5 Å². The Morgan fingerprint density at radius 2 is 2.10 bits per heavy atom. The zero-order valence-electron chi connectivity index (χ0n) is 14.6. The van der Waals surface area contributed by atoms with Crippen LogP contribution in [-0.2, 0) is 20.4 Å². The number of aliphatic hydroxyl groups excluding tert-OH is 2. The van der Waals surface area contributed by atoms with Gasteiger partial charge in [-0.05, 0) is 34.6 Å². The lowest BCUT2D eigenvalue weighted by Gasteiger charge is -2.16. The van der Waals surface area contributed by atoms with Gasteiger partial charge in [0.1, 0.15) is 30.4 Å². The molecule has 1 aliphatic rings. The molecule has 0 bridgehead atoms. The molecule has 0 spiro atoms. The van der Waals surface area contributed by atoms with Crippen LogP contribution in [0.1, 0.15) is 12.0 Å². The first-order chi connectivity index (χ1) is 13.8. The van der Waals surface area contributed by atoms with Gasteiger partial charge in [-0.1, -0.05) is 0 Å².